The second-order valence-corrected chi connectivity index (χ2v) is 3.75. The number of benzene rings is 1. The second-order valence-electron chi connectivity index (χ2n) is 3.75. The first-order valence-electron chi connectivity index (χ1n) is 5.31. The van der Waals surface area contributed by atoms with Gasteiger partial charge in [0.2, 0.25) is 0 Å². The molecule has 0 aliphatic heterocycles. The minimum absolute atomic E-state index is 0.289. The third-order valence-corrected chi connectivity index (χ3v) is 2.44. The molecular formula is C11H14FN3O3. The Bertz CT molecular complexity index is 465. The number of non-ortho nitro benzene ring substituents is 1. The summed E-state index contributed by atoms with van der Waals surface area (Å²) < 4.78 is 13.5. The number of halogens is 1. The number of hydrogen-bond donors (Lipinski definition) is 1. The molecule has 0 aliphatic rings. The van der Waals surface area contributed by atoms with Crippen LogP contribution >= 0.6 is 0 Å². The SMILES string of the molecule is CNCCN(C)C(=O)c1cc([N+](=O)[O-])ccc1F. The van der Waals surface area contributed by atoms with Crippen molar-refractivity contribution in [2.75, 3.05) is 27.2 Å². The second kappa shape index (κ2) is 6.06. The average molecular weight is 255 g/mol. The summed E-state index contributed by atoms with van der Waals surface area (Å²) in [5.41, 5.74) is -0.593. The van der Waals surface area contributed by atoms with Crippen LogP contribution in [0.5, 0.6) is 0 Å². The highest BCUT2D eigenvalue weighted by molar-refractivity contribution is 5.95. The Morgan fingerprint density at radius 1 is 1.56 bits per heavy atom. The fourth-order valence-electron chi connectivity index (χ4n) is 1.38. The van der Waals surface area contributed by atoms with E-state index in [2.05, 4.69) is 5.32 Å². The highest BCUT2D eigenvalue weighted by Gasteiger charge is 2.19. The zero-order valence-electron chi connectivity index (χ0n) is 10.1. The molecular weight excluding hydrogens is 241 g/mol. The standard InChI is InChI=1S/C11H14FN3O3/c1-13-5-6-14(2)11(16)9-7-8(15(17)18)3-4-10(9)12/h3-4,7,13H,5-6H2,1-2H3. The summed E-state index contributed by atoms with van der Waals surface area (Å²) in [4.78, 5) is 23.1. The fourth-order valence-corrected chi connectivity index (χ4v) is 1.38. The van der Waals surface area contributed by atoms with Crippen LogP contribution in [-0.4, -0.2) is 42.9 Å². The number of nitrogens with one attached hydrogen (secondary N) is 1. The van der Waals surface area contributed by atoms with Gasteiger partial charge in [-0.15, -0.1) is 0 Å². The summed E-state index contributed by atoms with van der Waals surface area (Å²) in [6, 6.07) is 2.91. The number of nitro benzene ring substituents is 1. The van der Waals surface area contributed by atoms with Gasteiger partial charge in [-0.05, 0) is 13.1 Å². The molecule has 98 valence electrons. The molecule has 0 saturated carbocycles. The molecule has 0 atom stereocenters. The van der Waals surface area contributed by atoms with Gasteiger partial charge in [0, 0.05) is 32.3 Å². The molecule has 1 aromatic carbocycles. The van der Waals surface area contributed by atoms with Gasteiger partial charge in [0.15, 0.2) is 0 Å². The fraction of sp³-hybridized carbons (Fsp3) is 0.364. The molecule has 0 aliphatic carbocycles. The third kappa shape index (κ3) is 3.24. The quantitative estimate of drug-likeness (QED) is 0.629. The predicted octanol–water partition coefficient (Wildman–Crippen LogP) is 1.03. The Balaban J connectivity index is 2.97. The number of rotatable bonds is 5. The van der Waals surface area contributed by atoms with Crippen LogP contribution < -0.4 is 5.32 Å². The van der Waals surface area contributed by atoms with Gasteiger partial charge in [-0.25, -0.2) is 4.39 Å². The monoisotopic (exact) mass is 255 g/mol. The van der Waals surface area contributed by atoms with Gasteiger partial charge in [0.25, 0.3) is 11.6 Å². The van der Waals surface area contributed by atoms with Crippen LogP contribution in [0.2, 0.25) is 0 Å². The van der Waals surface area contributed by atoms with Crippen molar-refractivity contribution in [3.05, 3.63) is 39.7 Å². The molecule has 1 N–H and O–H groups in total. The maximum Gasteiger partial charge on any atom is 0.270 e. The van der Waals surface area contributed by atoms with Crippen LogP contribution in [0.15, 0.2) is 18.2 Å². The Morgan fingerprint density at radius 3 is 2.78 bits per heavy atom. The van der Waals surface area contributed by atoms with Crippen LogP contribution in [-0.2, 0) is 0 Å². The van der Waals surface area contributed by atoms with Crippen molar-refractivity contribution >= 4 is 11.6 Å². The van der Waals surface area contributed by atoms with Crippen LogP contribution in [0.4, 0.5) is 10.1 Å². The number of likely N-dealkylation sites (N-methyl/N-ethyl adjacent to an activating group) is 2. The lowest BCUT2D eigenvalue weighted by molar-refractivity contribution is -0.384. The van der Waals surface area contributed by atoms with Crippen molar-refractivity contribution in [1.29, 1.82) is 0 Å². The maximum atomic E-state index is 13.5. The summed E-state index contributed by atoms with van der Waals surface area (Å²) in [5.74, 6) is -1.34. The molecule has 0 fully saturated rings. The van der Waals surface area contributed by atoms with Crippen molar-refractivity contribution in [1.82, 2.24) is 10.2 Å². The van der Waals surface area contributed by atoms with Crippen LogP contribution in [0.3, 0.4) is 0 Å². The van der Waals surface area contributed by atoms with Crippen LogP contribution in [0.25, 0.3) is 0 Å². The van der Waals surface area contributed by atoms with E-state index in [9.17, 15) is 19.3 Å². The van der Waals surface area contributed by atoms with Gasteiger partial charge < -0.3 is 10.2 Å². The number of nitrogens with zero attached hydrogens (tertiary/aromatic N) is 2. The summed E-state index contributed by atoms with van der Waals surface area (Å²) in [6.45, 7) is 0.941. The first-order chi connectivity index (χ1) is 8.47. The van der Waals surface area contributed by atoms with E-state index in [1.807, 2.05) is 0 Å². The lowest BCUT2D eigenvalue weighted by Gasteiger charge is -2.17. The molecule has 6 nitrogen and oxygen atoms in total. The molecule has 0 saturated heterocycles. The van der Waals surface area contributed by atoms with Gasteiger partial charge in [-0.1, -0.05) is 0 Å². The minimum atomic E-state index is -0.762. The molecule has 0 spiro atoms. The Hall–Kier alpha value is -2.02. The van der Waals surface area contributed by atoms with Crippen LogP contribution in [0.1, 0.15) is 10.4 Å². The first-order valence-corrected chi connectivity index (χ1v) is 5.31. The summed E-state index contributed by atoms with van der Waals surface area (Å²) in [6.07, 6.45) is 0. The van der Waals surface area contributed by atoms with Crippen molar-refractivity contribution < 1.29 is 14.1 Å². The Labute approximate surface area is 104 Å². The lowest BCUT2D eigenvalue weighted by Crippen LogP contribution is -2.33. The average Bonchev–Trinajstić information content (AvgIpc) is 2.35. The van der Waals surface area contributed by atoms with Crippen molar-refractivity contribution in [3.63, 3.8) is 0 Å². The van der Waals surface area contributed by atoms with Gasteiger partial charge in [0.05, 0.1) is 10.5 Å². The largest absolute Gasteiger partial charge is 0.340 e. The highest BCUT2D eigenvalue weighted by Crippen LogP contribution is 2.17. The van der Waals surface area contributed by atoms with E-state index < -0.39 is 16.6 Å². The molecule has 1 aromatic rings. The predicted molar refractivity (Wildman–Crippen MR) is 63.9 cm³/mol. The van der Waals surface area contributed by atoms with E-state index in [-0.39, 0.29) is 11.3 Å². The Morgan fingerprint density at radius 2 is 2.22 bits per heavy atom. The van der Waals surface area contributed by atoms with E-state index >= 15 is 0 Å². The van der Waals surface area contributed by atoms with E-state index in [4.69, 9.17) is 0 Å². The Kier molecular flexibility index (Phi) is 4.73. The number of carbonyl (C=O) groups is 1. The summed E-state index contributed by atoms with van der Waals surface area (Å²) in [5, 5.41) is 13.4. The van der Waals surface area contributed by atoms with E-state index in [1.54, 1.807) is 7.05 Å². The van der Waals surface area contributed by atoms with E-state index in [1.165, 1.54) is 11.9 Å². The lowest BCUT2D eigenvalue weighted by atomic mass is 10.1. The van der Waals surface area contributed by atoms with Crippen LogP contribution in [0, 0.1) is 15.9 Å². The molecule has 7 heteroatoms. The topological polar surface area (TPSA) is 75.5 Å². The van der Waals surface area contributed by atoms with Gasteiger partial charge in [-0.2, -0.15) is 0 Å². The van der Waals surface area contributed by atoms with Gasteiger partial charge in [0.1, 0.15) is 5.82 Å². The zero-order chi connectivity index (χ0) is 13.7. The molecule has 0 aromatic heterocycles. The molecule has 0 heterocycles. The number of nitro groups is 1. The van der Waals surface area contributed by atoms with Crippen molar-refractivity contribution in [3.8, 4) is 0 Å². The third-order valence-electron chi connectivity index (χ3n) is 2.44. The molecule has 0 unspecified atom stereocenters. The molecule has 0 bridgehead atoms. The first kappa shape index (κ1) is 14.0. The smallest absolute Gasteiger partial charge is 0.270 e. The van der Waals surface area contributed by atoms with Gasteiger partial charge >= 0.3 is 0 Å². The zero-order valence-corrected chi connectivity index (χ0v) is 10.1. The number of amides is 1. The molecule has 18 heavy (non-hydrogen) atoms. The normalized spacial score (nSPS) is 10.2. The maximum absolute atomic E-state index is 13.5. The van der Waals surface area contributed by atoms with E-state index in [0.717, 1.165) is 18.2 Å². The van der Waals surface area contributed by atoms with Crippen molar-refractivity contribution in [2.45, 2.75) is 0 Å². The van der Waals surface area contributed by atoms with Crippen molar-refractivity contribution in [2.24, 2.45) is 0 Å². The number of carbonyl (C=O) groups excluding carboxylic acids is 1. The van der Waals surface area contributed by atoms with Gasteiger partial charge in [-0.3, -0.25) is 14.9 Å². The highest BCUT2D eigenvalue weighted by atomic mass is 19.1. The summed E-state index contributed by atoms with van der Waals surface area (Å²) in [7, 11) is 3.24. The molecule has 0 radical (unpaired) electrons. The number of hydrogen-bond acceptors (Lipinski definition) is 4. The van der Waals surface area contributed by atoms with E-state index in [0.29, 0.717) is 13.1 Å². The summed E-state index contributed by atoms with van der Waals surface area (Å²) >= 11 is 0. The minimum Gasteiger partial charge on any atom is -0.340 e. The molecule has 1 rings (SSSR count). The molecule has 1 amide bonds.